The van der Waals surface area contributed by atoms with Crippen molar-refractivity contribution in [2.24, 2.45) is 34.5 Å². The molecule has 1 aromatic rings. The Kier molecular flexibility index (Phi) is 3.64. The summed E-state index contributed by atoms with van der Waals surface area (Å²) in [5.74, 6) is 2.97. The summed E-state index contributed by atoms with van der Waals surface area (Å²) in [4.78, 5) is 0. The van der Waals surface area contributed by atoms with E-state index in [4.69, 9.17) is 0 Å². The van der Waals surface area contributed by atoms with Gasteiger partial charge in [-0.05, 0) is 79.7 Å². The largest absolute Gasteiger partial charge is 0.393 e. The second-order valence-corrected chi connectivity index (χ2v) is 10.0. The highest BCUT2D eigenvalue weighted by Crippen LogP contribution is 2.66. The Morgan fingerprint density at radius 1 is 1.04 bits per heavy atom. The average molecular weight is 352 g/mol. The van der Waals surface area contributed by atoms with E-state index in [0.717, 1.165) is 30.6 Å². The first kappa shape index (κ1) is 16.9. The third-order valence-electron chi connectivity index (χ3n) is 8.83. The van der Waals surface area contributed by atoms with Crippen LogP contribution in [0.2, 0.25) is 0 Å². The molecule has 0 aliphatic heterocycles. The molecule has 140 valence electrons. The van der Waals surface area contributed by atoms with Gasteiger partial charge in [0.2, 0.25) is 0 Å². The number of aromatic nitrogens is 1. The van der Waals surface area contributed by atoms with E-state index in [-0.39, 0.29) is 6.10 Å². The fraction of sp³-hybridized carbons (Fsp3) is 0.667. The SMILES string of the molecule is CC1C=C2C[C@@H](O)CC[C@]2(C)[C@H]2CC[C@]3(C)C(n4cccc4)=CC[C@H]3[C@H]12. The molecule has 1 aromatic heterocycles. The Bertz CT molecular complexity index is 759. The molecule has 1 heterocycles. The van der Waals surface area contributed by atoms with Crippen LogP contribution in [0.3, 0.4) is 0 Å². The van der Waals surface area contributed by atoms with E-state index < -0.39 is 0 Å². The highest BCUT2D eigenvalue weighted by atomic mass is 16.3. The highest BCUT2D eigenvalue weighted by Gasteiger charge is 2.58. The van der Waals surface area contributed by atoms with Crippen LogP contribution >= 0.6 is 0 Å². The maximum Gasteiger partial charge on any atom is 0.0577 e. The quantitative estimate of drug-likeness (QED) is 0.663. The third kappa shape index (κ3) is 2.14. The zero-order valence-electron chi connectivity index (χ0n) is 16.5. The Labute approximate surface area is 158 Å². The molecule has 0 radical (unpaired) electrons. The van der Waals surface area contributed by atoms with Crippen molar-refractivity contribution < 1.29 is 5.11 Å². The van der Waals surface area contributed by atoms with Gasteiger partial charge in [-0.2, -0.15) is 0 Å². The minimum absolute atomic E-state index is 0.111. The molecular formula is C24H33NO. The van der Waals surface area contributed by atoms with Gasteiger partial charge in [0.1, 0.15) is 0 Å². The number of hydrogen-bond donors (Lipinski definition) is 1. The lowest BCUT2D eigenvalue weighted by molar-refractivity contribution is -0.0436. The summed E-state index contributed by atoms with van der Waals surface area (Å²) in [5.41, 5.74) is 3.75. The van der Waals surface area contributed by atoms with Gasteiger partial charge < -0.3 is 9.67 Å². The number of aliphatic hydroxyl groups is 1. The number of fused-ring (bicyclic) bond motifs is 5. The van der Waals surface area contributed by atoms with Crippen LogP contribution in [0.15, 0.2) is 42.3 Å². The summed E-state index contributed by atoms with van der Waals surface area (Å²) in [5, 5.41) is 10.2. The van der Waals surface area contributed by atoms with Crippen molar-refractivity contribution in [1.29, 1.82) is 0 Å². The summed E-state index contributed by atoms with van der Waals surface area (Å²) >= 11 is 0. The average Bonchev–Trinajstić information content (AvgIpc) is 3.23. The molecule has 2 heteroatoms. The Hall–Kier alpha value is -1.28. The van der Waals surface area contributed by atoms with Crippen molar-refractivity contribution in [1.82, 2.24) is 4.57 Å². The first-order valence-corrected chi connectivity index (χ1v) is 10.7. The van der Waals surface area contributed by atoms with Gasteiger partial charge in [-0.3, -0.25) is 0 Å². The van der Waals surface area contributed by atoms with Gasteiger partial charge >= 0.3 is 0 Å². The van der Waals surface area contributed by atoms with Gasteiger partial charge in [0.15, 0.2) is 0 Å². The molecule has 1 unspecified atom stereocenters. The van der Waals surface area contributed by atoms with Gasteiger partial charge in [0.05, 0.1) is 6.10 Å². The lowest BCUT2D eigenvalue weighted by Gasteiger charge is -2.59. The number of rotatable bonds is 1. The van der Waals surface area contributed by atoms with E-state index in [1.807, 2.05) is 0 Å². The molecule has 2 saturated carbocycles. The van der Waals surface area contributed by atoms with E-state index in [0.29, 0.717) is 16.7 Å². The molecule has 1 N–H and O–H groups in total. The van der Waals surface area contributed by atoms with Crippen molar-refractivity contribution in [2.45, 2.75) is 65.4 Å². The van der Waals surface area contributed by atoms with Crippen LogP contribution in [0, 0.1) is 34.5 Å². The van der Waals surface area contributed by atoms with Crippen molar-refractivity contribution in [3.05, 3.63) is 42.3 Å². The number of allylic oxidation sites excluding steroid dienone is 3. The Balaban J connectivity index is 1.52. The van der Waals surface area contributed by atoms with Gasteiger partial charge in [-0.1, -0.05) is 38.5 Å². The van der Waals surface area contributed by atoms with E-state index in [9.17, 15) is 5.11 Å². The molecule has 0 aromatic carbocycles. The normalized spacial score (nSPS) is 47.5. The smallest absolute Gasteiger partial charge is 0.0577 e. The molecule has 0 saturated heterocycles. The van der Waals surface area contributed by atoms with Crippen LogP contribution in [0.1, 0.15) is 59.3 Å². The molecule has 2 nitrogen and oxygen atoms in total. The number of aliphatic hydroxyl groups excluding tert-OH is 1. The van der Waals surface area contributed by atoms with Gasteiger partial charge in [0, 0.05) is 23.5 Å². The maximum absolute atomic E-state index is 10.2. The first-order chi connectivity index (χ1) is 12.4. The van der Waals surface area contributed by atoms with Gasteiger partial charge in [0.25, 0.3) is 0 Å². The standard InChI is InChI=1S/C24H33NO/c1-16-14-17-15-18(26)8-10-23(17,2)20-9-11-24(3)19(22(16)20)6-7-21(24)25-12-4-5-13-25/h4-5,7,12-14,16,18-20,22,26H,6,8-11,15H2,1-3H3/t16?,18-,19-,20-,22-,23-,24-/m0/s1. The highest BCUT2D eigenvalue weighted by molar-refractivity contribution is 5.57. The van der Waals surface area contributed by atoms with Crippen molar-refractivity contribution in [3.63, 3.8) is 0 Å². The van der Waals surface area contributed by atoms with E-state index in [2.05, 4.69) is 62.0 Å². The molecule has 0 bridgehead atoms. The van der Waals surface area contributed by atoms with E-state index >= 15 is 0 Å². The lowest BCUT2D eigenvalue weighted by atomic mass is 9.46. The summed E-state index contributed by atoms with van der Waals surface area (Å²) in [7, 11) is 0. The number of nitrogens with zero attached hydrogens (tertiary/aromatic N) is 1. The zero-order valence-corrected chi connectivity index (χ0v) is 16.5. The van der Waals surface area contributed by atoms with Crippen molar-refractivity contribution >= 4 is 5.70 Å². The minimum Gasteiger partial charge on any atom is -0.393 e. The zero-order chi connectivity index (χ0) is 18.1. The fourth-order valence-corrected chi connectivity index (χ4v) is 7.44. The van der Waals surface area contributed by atoms with Crippen LogP contribution in [0.25, 0.3) is 5.70 Å². The van der Waals surface area contributed by atoms with Crippen molar-refractivity contribution in [2.75, 3.05) is 0 Å². The molecule has 2 fully saturated rings. The summed E-state index contributed by atoms with van der Waals surface area (Å²) in [6, 6.07) is 4.30. The Morgan fingerprint density at radius 3 is 2.54 bits per heavy atom. The van der Waals surface area contributed by atoms with Crippen LogP contribution < -0.4 is 0 Å². The molecule has 0 spiro atoms. The van der Waals surface area contributed by atoms with Crippen LogP contribution in [0.4, 0.5) is 0 Å². The molecule has 7 atom stereocenters. The second kappa shape index (κ2) is 5.61. The van der Waals surface area contributed by atoms with Gasteiger partial charge in [-0.15, -0.1) is 0 Å². The molecule has 0 amide bonds. The lowest BCUT2D eigenvalue weighted by Crippen LogP contribution is -2.52. The predicted molar refractivity (Wildman–Crippen MR) is 106 cm³/mol. The third-order valence-corrected chi connectivity index (χ3v) is 8.83. The van der Waals surface area contributed by atoms with Crippen LogP contribution in [0.5, 0.6) is 0 Å². The summed E-state index contributed by atoms with van der Waals surface area (Å²) in [6.45, 7) is 7.50. The molecule has 5 rings (SSSR count). The van der Waals surface area contributed by atoms with E-state index in [1.165, 1.54) is 31.4 Å². The molecule has 4 aliphatic carbocycles. The maximum atomic E-state index is 10.2. The second-order valence-electron chi connectivity index (χ2n) is 10.0. The van der Waals surface area contributed by atoms with Crippen molar-refractivity contribution in [3.8, 4) is 0 Å². The Morgan fingerprint density at radius 2 is 1.77 bits per heavy atom. The molecule has 4 aliphatic rings. The monoisotopic (exact) mass is 351 g/mol. The summed E-state index contributed by atoms with van der Waals surface area (Å²) < 4.78 is 2.37. The number of hydrogen-bond acceptors (Lipinski definition) is 1. The van der Waals surface area contributed by atoms with Gasteiger partial charge in [-0.25, -0.2) is 0 Å². The topological polar surface area (TPSA) is 25.2 Å². The summed E-state index contributed by atoms with van der Waals surface area (Å²) in [6.07, 6.45) is 16.4. The van der Waals surface area contributed by atoms with Crippen LogP contribution in [-0.4, -0.2) is 15.8 Å². The first-order valence-electron chi connectivity index (χ1n) is 10.7. The molecular weight excluding hydrogens is 318 g/mol. The van der Waals surface area contributed by atoms with Crippen LogP contribution in [-0.2, 0) is 0 Å². The van der Waals surface area contributed by atoms with E-state index in [1.54, 1.807) is 5.57 Å². The minimum atomic E-state index is -0.111. The fourth-order valence-electron chi connectivity index (χ4n) is 7.44. The predicted octanol–water partition coefficient (Wildman–Crippen LogP) is 5.51. The molecule has 26 heavy (non-hydrogen) atoms.